The number of hydrogen-bond acceptors (Lipinski definition) is 4. The molecule has 1 rings (SSSR count). The molecular formula is C10H12N2O3. The van der Waals surface area contributed by atoms with Gasteiger partial charge in [-0.3, -0.25) is 15.1 Å². The summed E-state index contributed by atoms with van der Waals surface area (Å²) in [4.78, 5) is 14.0. The predicted molar refractivity (Wildman–Crippen MR) is 57.2 cm³/mol. The summed E-state index contributed by atoms with van der Waals surface area (Å²) in [5.74, 6) is 0. The Labute approximate surface area is 87.2 Å². The van der Waals surface area contributed by atoms with Gasteiger partial charge in [0.15, 0.2) is 0 Å². The van der Waals surface area contributed by atoms with Crippen molar-refractivity contribution in [2.24, 2.45) is 4.99 Å². The molecule has 0 aromatic heterocycles. The minimum atomic E-state index is -0.452. The number of hydrogen-bond donors (Lipinski definition) is 1. The lowest BCUT2D eigenvalue weighted by atomic mass is 10.2. The smallest absolute Gasteiger partial charge is 0.270 e. The van der Waals surface area contributed by atoms with E-state index >= 15 is 0 Å². The molecule has 5 nitrogen and oxygen atoms in total. The maximum Gasteiger partial charge on any atom is 0.270 e. The quantitative estimate of drug-likeness (QED) is 0.461. The molecule has 5 heteroatoms. The van der Waals surface area contributed by atoms with Crippen LogP contribution in [0.1, 0.15) is 12.5 Å². The minimum Gasteiger partial charge on any atom is -0.394 e. The predicted octanol–water partition coefficient (Wildman–Crippen LogP) is 1.39. The van der Waals surface area contributed by atoms with Crippen molar-refractivity contribution in [3.63, 3.8) is 0 Å². The molecule has 15 heavy (non-hydrogen) atoms. The Hall–Kier alpha value is -1.75. The second-order valence-corrected chi connectivity index (χ2v) is 3.16. The van der Waals surface area contributed by atoms with Gasteiger partial charge in [0.1, 0.15) is 0 Å². The van der Waals surface area contributed by atoms with Crippen LogP contribution in [-0.2, 0) is 0 Å². The Morgan fingerprint density at radius 1 is 1.67 bits per heavy atom. The lowest BCUT2D eigenvalue weighted by Crippen LogP contribution is -2.04. The Kier molecular flexibility index (Phi) is 3.93. The van der Waals surface area contributed by atoms with E-state index in [-0.39, 0.29) is 18.3 Å². The molecule has 0 aliphatic heterocycles. The lowest BCUT2D eigenvalue weighted by Gasteiger charge is -1.99. The first-order valence-corrected chi connectivity index (χ1v) is 4.52. The van der Waals surface area contributed by atoms with Crippen molar-refractivity contribution in [2.75, 3.05) is 6.61 Å². The molecule has 0 spiro atoms. The highest BCUT2D eigenvalue weighted by Crippen LogP contribution is 2.11. The zero-order chi connectivity index (χ0) is 11.3. The summed E-state index contributed by atoms with van der Waals surface area (Å²) in [6.07, 6.45) is 1.52. The van der Waals surface area contributed by atoms with Crippen LogP contribution in [0.25, 0.3) is 0 Å². The SMILES string of the molecule is CC(CO)N=Cc1cccc([N+](=O)[O-])c1. The van der Waals surface area contributed by atoms with Crippen LogP contribution >= 0.6 is 0 Å². The molecule has 1 unspecified atom stereocenters. The number of nitro benzene ring substituents is 1. The van der Waals surface area contributed by atoms with Gasteiger partial charge in [-0.2, -0.15) is 0 Å². The fourth-order valence-corrected chi connectivity index (χ4v) is 0.979. The Morgan fingerprint density at radius 3 is 3.00 bits per heavy atom. The fraction of sp³-hybridized carbons (Fsp3) is 0.300. The van der Waals surface area contributed by atoms with Gasteiger partial charge in [0.05, 0.1) is 17.6 Å². The summed E-state index contributed by atoms with van der Waals surface area (Å²) in [6.45, 7) is 1.72. The van der Waals surface area contributed by atoms with Gasteiger partial charge in [-0.05, 0) is 12.5 Å². The van der Waals surface area contributed by atoms with Gasteiger partial charge in [-0.25, -0.2) is 0 Å². The van der Waals surface area contributed by atoms with Crippen molar-refractivity contribution in [3.8, 4) is 0 Å². The third-order valence-electron chi connectivity index (χ3n) is 1.82. The molecule has 0 aliphatic carbocycles. The van der Waals surface area contributed by atoms with E-state index in [1.54, 1.807) is 19.1 Å². The minimum absolute atomic E-state index is 0.0363. The zero-order valence-corrected chi connectivity index (χ0v) is 8.33. The maximum atomic E-state index is 10.5. The van der Waals surface area contributed by atoms with Crippen LogP contribution in [-0.4, -0.2) is 28.9 Å². The van der Waals surface area contributed by atoms with Crippen LogP contribution in [0.5, 0.6) is 0 Å². The summed E-state index contributed by atoms with van der Waals surface area (Å²) in [7, 11) is 0. The van der Waals surface area contributed by atoms with Crippen molar-refractivity contribution >= 4 is 11.9 Å². The number of aliphatic hydroxyl groups is 1. The summed E-state index contributed by atoms with van der Waals surface area (Å²) in [5.41, 5.74) is 0.695. The molecule has 1 aromatic carbocycles. The first-order valence-electron chi connectivity index (χ1n) is 4.52. The first-order chi connectivity index (χ1) is 7.13. The average molecular weight is 208 g/mol. The van der Waals surface area contributed by atoms with Gasteiger partial charge in [0.25, 0.3) is 5.69 Å². The van der Waals surface area contributed by atoms with Crippen LogP contribution in [0.4, 0.5) is 5.69 Å². The Balaban J connectivity index is 2.82. The number of nitrogens with zero attached hydrogens (tertiary/aromatic N) is 2. The highest BCUT2D eigenvalue weighted by atomic mass is 16.6. The van der Waals surface area contributed by atoms with E-state index in [2.05, 4.69) is 4.99 Å². The van der Waals surface area contributed by atoms with Crippen LogP contribution in [0, 0.1) is 10.1 Å². The molecule has 0 radical (unpaired) electrons. The van der Waals surface area contributed by atoms with Gasteiger partial charge < -0.3 is 5.11 Å². The number of non-ortho nitro benzene ring substituents is 1. The van der Waals surface area contributed by atoms with Crippen molar-refractivity contribution in [1.82, 2.24) is 0 Å². The molecular weight excluding hydrogens is 196 g/mol. The van der Waals surface area contributed by atoms with Crippen molar-refractivity contribution in [3.05, 3.63) is 39.9 Å². The zero-order valence-electron chi connectivity index (χ0n) is 8.33. The number of benzene rings is 1. The fourth-order valence-electron chi connectivity index (χ4n) is 0.979. The van der Waals surface area contributed by atoms with Crippen molar-refractivity contribution in [2.45, 2.75) is 13.0 Å². The molecule has 0 bridgehead atoms. The summed E-state index contributed by atoms with van der Waals surface area (Å²) >= 11 is 0. The molecule has 0 heterocycles. The molecule has 0 saturated carbocycles. The summed E-state index contributed by atoms with van der Waals surface area (Å²) in [5, 5.41) is 19.2. The van der Waals surface area contributed by atoms with E-state index in [4.69, 9.17) is 5.11 Å². The molecule has 1 atom stereocenters. The van der Waals surface area contributed by atoms with E-state index < -0.39 is 4.92 Å². The second kappa shape index (κ2) is 5.21. The van der Waals surface area contributed by atoms with Crippen LogP contribution < -0.4 is 0 Å². The largest absolute Gasteiger partial charge is 0.394 e. The number of nitro groups is 1. The molecule has 1 aromatic rings. The third kappa shape index (κ3) is 3.47. The molecule has 0 amide bonds. The van der Waals surface area contributed by atoms with Gasteiger partial charge >= 0.3 is 0 Å². The van der Waals surface area contributed by atoms with E-state index in [0.29, 0.717) is 5.56 Å². The monoisotopic (exact) mass is 208 g/mol. The second-order valence-electron chi connectivity index (χ2n) is 3.16. The molecule has 0 aliphatic rings. The first kappa shape index (κ1) is 11.3. The topological polar surface area (TPSA) is 75.7 Å². The van der Waals surface area contributed by atoms with Gasteiger partial charge in [-0.1, -0.05) is 12.1 Å². The van der Waals surface area contributed by atoms with Gasteiger partial charge in [0.2, 0.25) is 0 Å². The van der Waals surface area contributed by atoms with E-state index in [1.165, 1.54) is 18.3 Å². The van der Waals surface area contributed by atoms with E-state index in [0.717, 1.165) is 0 Å². The van der Waals surface area contributed by atoms with Crippen molar-refractivity contribution < 1.29 is 10.0 Å². The van der Waals surface area contributed by atoms with E-state index in [1.807, 2.05) is 0 Å². The standard InChI is InChI=1S/C10H12N2O3/c1-8(7-13)11-6-9-3-2-4-10(5-9)12(14)15/h2-6,8,13H,7H2,1H3. The van der Waals surface area contributed by atoms with Gasteiger partial charge in [0, 0.05) is 18.3 Å². The van der Waals surface area contributed by atoms with Crippen LogP contribution in [0.3, 0.4) is 0 Å². The van der Waals surface area contributed by atoms with Gasteiger partial charge in [-0.15, -0.1) is 0 Å². The highest BCUT2D eigenvalue weighted by molar-refractivity contribution is 5.80. The summed E-state index contributed by atoms with van der Waals surface area (Å²) in [6, 6.07) is 5.99. The summed E-state index contributed by atoms with van der Waals surface area (Å²) < 4.78 is 0. The number of rotatable bonds is 4. The van der Waals surface area contributed by atoms with Crippen LogP contribution in [0.15, 0.2) is 29.3 Å². The number of aliphatic hydroxyl groups excluding tert-OH is 1. The normalized spacial score (nSPS) is 12.9. The molecule has 0 fully saturated rings. The average Bonchev–Trinajstić information content (AvgIpc) is 2.26. The Morgan fingerprint density at radius 2 is 2.40 bits per heavy atom. The number of aliphatic imine (C=N–C) groups is 1. The lowest BCUT2D eigenvalue weighted by molar-refractivity contribution is -0.384. The maximum absolute atomic E-state index is 10.5. The van der Waals surface area contributed by atoms with Crippen LogP contribution in [0.2, 0.25) is 0 Å². The molecule has 0 saturated heterocycles. The van der Waals surface area contributed by atoms with Crippen molar-refractivity contribution in [1.29, 1.82) is 0 Å². The van der Waals surface area contributed by atoms with E-state index in [9.17, 15) is 10.1 Å². The Bertz CT molecular complexity index is 377. The highest BCUT2D eigenvalue weighted by Gasteiger charge is 2.04. The third-order valence-corrected chi connectivity index (χ3v) is 1.82. The molecule has 1 N–H and O–H groups in total. The molecule has 80 valence electrons.